The predicted octanol–water partition coefficient (Wildman–Crippen LogP) is 5.99. The summed E-state index contributed by atoms with van der Waals surface area (Å²) in [4.78, 5) is 16.6. The molecule has 0 radical (unpaired) electrons. The molecule has 1 aromatic heterocycles. The summed E-state index contributed by atoms with van der Waals surface area (Å²) >= 11 is 0. The van der Waals surface area contributed by atoms with E-state index in [4.69, 9.17) is 19.6 Å². The number of carboxylic acids is 1. The fourth-order valence-electron chi connectivity index (χ4n) is 5.07. The lowest BCUT2D eigenvalue weighted by Gasteiger charge is -2.27. The average Bonchev–Trinajstić information content (AvgIpc) is 3.32. The average molecular weight is 478 g/mol. The summed E-state index contributed by atoms with van der Waals surface area (Å²) in [6.45, 7) is 2.09. The molecule has 0 saturated heterocycles. The first kappa shape index (κ1) is 25.1. The molecule has 0 spiro atoms. The zero-order chi connectivity index (χ0) is 24.8. The molecule has 1 heterocycles. The largest absolute Gasteiger partial charge is 0.478 e. The Morgan fingerprint density at radius 1 is 1.06 bits per heavy atom. The van der Waals surface area contributed by atoms with E-state index in [9.17, 15) is 9.90 Å². The normalized spacial score (nSPS) is 14.8. The van der Waals surface area contributed by atoms with E-state index in [1.54, 1.807) is 26.4 Å². The summed E-state index contributed by atoms with van der Waals surface area (Å²) in [6, 6.07) is 15.4. The van der Waals surface area contributed by atoms with Crippen molar-refractivity contribution in [2.75, 3.05) is 14.2 Å². The molecule has 35 heavy (non-hydrogen) atoms. The van der Waals surface area contributed by atoms with Crippen LogP contribution in [-0.4, -0.2) is 40.1 Å². The Morgan fingerprint density at radius 3 is 2.37 bits per heavy atom. The van der Waals surface area contributed by atoms with E-state index in [1.165, 1.54) is 19.3 Å². The van der Waals surface area contributed by atoms with E-state index in [0.29, 0.717) is 35.8 Å². The molecular formula is C28H35N3O4. The Morgan fingerprint density at radius 2 is 1.74 bits per heavy atom. The number of hydrogen-bond donors (Lipinski definition) is 1. The van der Waals surface area contributed by atoms with Crippen molar-refractivity contribution in [2.45, 2.75) is 70.1 Å². The van der Waals surface area contributed by atoms with Crippen molar-refractivity contribution in [3.05, 3.63) is 71.3 Å². The van der Waals surface area contributed by atoms with Crippen LogP contribution in [0.15, 0.2) is 48.5 Å². The van der Waals surface area contributed by atoms with Gasteiger partial charge in [-0.2, -0.15) is 0 Å². The Labute approximate surface area is 207 Å². The number of nitrogens with zero attached hydrogens (tertiary/aromatic N) is 3. The van der Waals surface area contributed by atoms with Crippen LogP contribution in [0.25, 0.3) is 11.1 Å². The second kappa shape index (κ2) is 11.1. The van der Waals surface area contributed by atoms with Crippen LogP contribution in [0.5, 0.6) is 0 Å². The molecule has 1 aliphatic carbocycles. The van der Waals surface area contributed by atoms with E-state index >= 15 is 0 Å². The number of benzene rings is 2. The summed E-state index contributed by atoms with van der Waals surface area (Å²) in [5.74, 6) is -0.393. The third kappa shape index (κ3) is 5.31. The lowest BCUT2D eigenvalue weighted by atomic mass is 9.95. The van der Waals surface area contributed by atoms with Crippen LogP contribution in [0.2, 0.25) is 0 Å². The molecule has 0 unspecified atom stereocenters. The van der Waals surface area contributed by atoms with Crippen LogP contribution in [0, 0.1) is 0 Å². The summed E-state index contributed by atoms with van der Waals surface area (Å²) < 4.78 is 13.7. The SMILES string of the molecule is CCCC(OC)(OC)c1nc(Cc2ccc(-c3ccccc3C(=O)O)cc2)n(C2CCCCC2)n1. The number of hydrogen-bond acceptors (Lipinski definition) is 5. The molecular weight excluding hydrogens is 442 g/mol. The zero-order valence-corrected chi connectivity index (χ0v) is 20.9. The highest BCUT2D eigenvalue weighted by atomic mass is 16.7. The molecule has 3 aromatic rings. The number of methoxy groups -OCH3 is 2. The lowest BCUT2D eigenvalue weighted by molar-refractivity contribution is -0.225. The lowest BCUT2D eigenvalue weighted by Crippen LogP contribution is -2.32. The standard InChI is InChI=1S/C28H35N3O4/c1-4-18-28(34-2,35-3)27-29-25(31(30-27)22-10-6-5-7-11-22)19-20-14-16-21(17-15-20)23-12-8-9-13-24(23)26(32)33/h8-9,12-17,22H,4-7,10-11,18-19H2,1-3H3,(H,32,33). The molecule has 1 N–H and O–H groups in total. The minimum atomic E-state index is -0.951. The summed E-state index contributed by atoms with van der Waals surface area (Å²) in [7, 11) is 3.29. The molecule has 4 rings (SSSR count). The van der Waals surface area contributed by atoms with E-state index in [1.807, 2.05) is 36.4 Å². The van der Waals surface area contributed by atoms with Crippen molar-refractivity contribution in [1.82, 2.24) is 14.8 Å². The second-order valence-corrected chi connectivity index (χ2v) is 9.22. The maximum Gasteiger partial charge on any atom is 0.336 e. The summed E-state index contributed by atoms with van der Waals surface area (Å²) in [5, 5.41) is 14.5. The molecule has 0 amide bonds. The van der Waals surface area contributed by atoms with Crippen LogP contribution in [0.1, 0.15) is 85.5 Å². The molecule has 7 nitrogen and oxygen atoms in total. The van der Waals surface area contributed by atoms with Crippen molar-refractivity contribution in [1.29, 1.82) is 0 Å². The summed E-state index contributed by atoms with van der Waals surface area (Å²) in [6.07, 6.45) is 8.04. The minimum Gasteiger partial charge on any atom is -0.478 e. The van der Waals surface area contributed by atoms with Crippen molar-refractivity contribution in [2.24, 2.45) is 0 Å². The third-order valence-electron chi connectivity index (χ3n) is 6.99. The minimum absolute atomic E-state index is 0.299. The molecule has 1 saturated carbocycles. The van der Waals surface area contributed by atoms with Gasteiger partial charge < -0.3 is 14.6 Å². The highest BCUT2D eigenvalue weighted by molar-refractivity contribution is 5.95. The number of rotatable bonds is 10. The van der Waals surface area contributed by atoms with Crippen LogP contribution in [-0.2, 0) is 21.7 Å². The Balaban J connectivity index is 1.66. The molecule has 0 atom stereocenters. The van der Waals surface area contributed by atoms with Crippen LogP contribution < -0.4 is 0 Å². The molecule has 0 aliphatic heterocycles. The van der Waals surface area contributed by atoms with Crippen LogP contribution >= 0.6 is 0 Å². The first-order valence-corrected chi connectivity index (χ1v) is 12.5. The Kier molecular flexibility index (Phi) is 7.98. The second-order valence-electron chi connectivity index (χ2n) is 9.22. The van der Waals surface area contributed by atoms with Gasteiger partial charge in [-0.15, -0.1) is 5.10 Å². The van der Waals surface area contributed by atoms with Gasteiger partial charge in [0.2, 0.25) is 11.6 Å². The zero-order valence-electron chi connectivity index (χ0n) is 20.9. The number of carbonyl (C=O) groups is 1. The highest BCUT2D eigenvalue weighted by Gasteiger charge is 2.37. The van der Waals surface area contributed by atoms with Crippen molar-refractivity contribution in [3.8, 4) is 11.1 Å². The van der Waals surface area contributed by atoms with Crippen molar-refractivity contribution in [3.63, 3.8) is 0 Å². The van der Waals surface area contributed by atoms with E-state index in [-0.39, 0.29) is 0 Å². The van der Waals surface area contributed by atoms with Gasteiger partial charge in [0.15, 0.2) is 0 Å². The van der Waals surface area contributed by atoms with Gasteiger partial charge in [-0.05, 0) is 35.6 Å². The number of carboxylic acid groups (broad SMARTS) is 1. The fourth-order valence-corrected chi connectivity index (χ4v) is 5.07. The Bertz CT molecular complexity index is 1130. The van der Waals surface area contributed by atoms with Crippen LogP contribution in [0.3, 0.4) is 0 Å². The third-order valence-corrected chi connectivity index (χ3v) is 6.99. The first-order chi connectivity index (χ1) is 17.0. The molecule has 1 aliphatic rings. The highest BCUT2D eigenvalue weighted by Crippen LogP contribution is 2.33. The van der Waals surface area contributed by atoms with E-state index in [0.717, 1.165) is 36.2 Å². The number of ether oxygens (including phenoxy) is 2. The molecule has 7 heteroatoms. The summed E-state index contributed by atoms with van der Waals surface area (Å²) in [5.41, 5.74) is 2.98. The Hall–Kier alpha value is -3.03. The van der Waals surface area contributed by atoms with Crippen molar-refractivity contribution >= 4 is 5.97 Å². The molecule has 2 aromatic carbocycles. The predicted molar refractivity (Wildman–Crippen MR) is 134 cm³/mol. The van der Waals surface area contributed by atoms with Gasteiger partial charge in [-0.25, -0.2) is 14.5 Å². The van der Waals surface area contributed by atoms with Crippen LogP contribution in [0.4, 0.5) is 0 Å². The smallest absolute Gasteiger partial charge is 0.336 e. The molecule has 186 valence electrons. The van der Waals surface area contributed by atoms with Gasteiger partial charge in [0.1, 0.15) is 5.82 Å². The fraction of sp³-hybridized carbons (Fsp3) is 0.464. The van der Waals surface area contributed by atoms with Gasteiger partial charge in [-0.1, -0.05) is 75.1 Å². The quantitative estimate of drug-likeness (QED) is 0.361. The molecule has 1 fully saturated rings. The first-order valence-electron chi connectivity index (χ1n) is 12.5. The van der Waals surface area contributed by atoms with Gasteiger partial charge in [-0.3, -0.25) is 0 Å². The number of aromatic carboxylic acids is 1. The van der Waals surface area contributed by atoms with Crippen molar-refractivity contribution < 1.29 is 19.4 Å². The van der Waals surface area contributed by atoms with Gasteiger partial charge >= 0.3 is 5.97 Å². The van der Waals surface area contributed by atoms with Gasteiger partial charge in [0.25, 0.3) is 0 Å². The topological polar surface area (TPSA) is 86.5 Å². The maximum atomic E-state index is 11.6. The van der Waals surface area contributed by atoms with Gasteiger partial charge in [0.05, 0.1) is 11.6 Å². The van der Waals surface area contributed by atoms with E-state index in [2.05, 4.69) is 11.6 Å². The monoisotopic (exact) mass is 477 g/mol. The maximum absolute atomic E-state index is 11.6. The molecule has 0 bridgehead atoms. The van der Waals surface area contributed by atoms with Gasteiger partial charge in [0, 0.05) is 27.1 Å². The van der Waals surface area contributed by atoms with E-state index < -0.39 is 11.8 Å². The number of aromatic nitrogens is 3.